The highest BCUT2D eigenvalue weighted by Crippen LogP contribution is 2.33. The van der Waals surface area contributed by atoms with Crippen LogP contribution in [0.5, 0.6) is 5.75 Å². The molecule has 0 atom stereocenters. The van der Waals surface area contributed by atoms with Crippen LogP contribution in [0.15, 0.2) is 97.5 Å². The van der Waals surface area contributed by atoms with Crippen LogP contribution in [0.4, 0.5) is 26.3 Å². The highest BCUT2D eigenvalue weighted by molar-refractivity contribution is 5.84. The van der Waals surface area contributed by atoms with Gasteiger partial charge in [0.1, 0.15) is 23.0 Å². The Morgan fingerprint density at radius 3 is 1.63 bits per heavy atom. The van der Waals surface area contributed by atoms with E-state index in [0.717, 1.165) is 62.0 Å². The van der Waals surface area contributed by atoms with Gasteiger partial charge in [0, 0.05) is 31.9 Å². The number of aromatic nitrogens is 7. The zero-order chi connectivity index (χ0) is 43.3. The summed E-state index contributed by atoms with van der Waals surface area (Å²) in [7, 11) is 1.51. The van der Waals surface area contributed by atoms with Crippen molar-refractivity contribution < 1.29 is 40.7 Å². The monoisotopic (exact) mass is 833 g/mol. The molecule has 3 aromatic carbocycles. The number of ether oxygens (including phenoxy) is 1. The predicted molar refractivity (Wildman–Crippen MR) is 212 cm³/mol. The number of ketones is 2. The Morgan fingerprint density at radius 2 is 1.13 bits per heavy atom. The molecule has 10 nitrogen and oxygen atoms in total. The molecule has 0 aliphatic carbocycles. The van der Waals surface area contributed by atoms with Crippen LogP contribution < -0.4 is 4.74 Å². The Morgan fingerprint density at radius 1 is 0.633 bits per heavy atom. The minimum Gasteiger partial charge on any atom is -0.494 e. The molecule has 0 fully saturated rings. The molecule has 6 rings (SSSR count). The van der Waals surface area contributed by atoms with Crippen molar-refractivity contribution in [1.29, 1.82) is 0 Å². The Hall–Kier alpha value is -6.19. The second-order valence-corrected chi connectivity index (χ2v) is 14.1. The first kappa shape index (κ1) is 44.9. The Kier molecular flexibility index (Phi) is 15.5. The number of hydrogen-bond acceptors (Lipinski definition) is 8. The first-order valence-electron chi connectivity index (χ1n) is 19.5. The second kappa shape index (κ2) is 20.7. The molecular formula is C44H45F6N7O3. The lowest BCUT2D eigenvalue weighted by Crippen LogP contribution is -2.14. The molecule has 0 spiro atoms. The number of pyridine rings is 1. The van der Waals surface area contributed by atoms with E-state index in [-0.39, 0.29) is 48.4 Å². The minimum absolute atomic E-state index is 0.00192. The van der Waals surface area contributed by atoms with E-state index in [9.17, 15) is 35.9 Å². The van der Waals surface area contributed by atoms with E-state index in [1.807, 2.05) is 12.4 Å². The second-order valence-electron chi connectivity index (χ2n) is 14.1. The summed E-state index contributed by atoms with van der Waals surface area (Å²) in [4.78, 5) is 29.1. The lowest BCUT2D eigenvalue weighted by Gasteiger charge is -2.13. The average molecular weight is 834 g/mol. The number of halogens is 6. The molecule has 3 heterocycles. The first-order valence-corrected chi connectivity index (χ1v) is 19.5. The molecular weight excluding hydrogens is 789 g/mol. The molecule has 60 heavy (non-hydrogen) atoms. The predicted octanol–water partition coefficient (Wildman–Crippen LogP) is 9.37. The van der Waals surface area contributed by atoms with E-state index in [1.165, 1.54) is 49.7 Å². The third-order valence-corrected chi connectivity index (χ3v) is 9.41. The molecule has 0 aliphatic heterocycles. The van der Waals surface area contributed by atoms with Crippen molar-refractivity contribution in [1.82, 2.24) is 35.0 Å². The average Bonchev–Trinajstić information content (AvgIpc) is 3.90. The van der Waals surface area contributed by atoms with Crippen molar-refractivity contribution in [2.45, 2.75) is 90.4 Å². The molecule has 16 heteroatoms. The van der Waals surface area contributed by atoms with E-state index in [4.69, 9.17) is 4.74 Å². The standard InChI is InChI=1S/C23H24F3N3O2.C21H21F3N4O/c1-3-4-8-18-15-29(28-27-18)21-11-10-16(13-22(21)31-2)12-19(30)14-17-7-5-6-9-20(17)23(24,25)26;1-2-3-7-17-14-28(27-26-17)20-10-9-15(13-25-20)11-18(29)12-16-6-4-5-8-19(16)21(22,23)24/h5-7,9-11,13,15H,3-4,8,12,14H2,1-2H3;4-6,8-10,13-14H,2-3,7,11-12H2,1H3. The molecule has 3 aromatic heterocycles. The molecule has 0 unspecified atom stereocenters. The number of aryl methyl sites for hydroxylation is 2. The minimum atomic E-state index is -4.49. The largest absolute Gasteiger partial charge is 0.494 e. The molecule has 0 radical (unpaired) electrons. The quantitative estimate of drug-likeness (QED) is 0.0835. The molecule has 6 aromatic rings. The summed E-state index contributed by atoms with van der Waals surface area (Å²) < 4.78 is 87.3. The maximum atomic E-state index is 13.2. The summed E-state index contributed by atoms with van der Waals surface area (Å²) in [5.41, 5.74) is 2.14. The Bertz CT molecular complexity index is 2340. The third kappa shape index (κ3) is 12.7. The first-order chi connectivity index (χ1) is 28.7. The van der Waals surface area contributed by atoms with E-state index >= 15 is 0 Å². The summed E-state index contributed by atoms with van der Waals surface area (Å²) >= 11 is 0. The molecule has 316 valence electrons. The normalized spacial score (nSPS) is 11.6. The molecule has 0 saturated heterocycles. The van der Waals surface area contributed by atoms with Gasteiger partial charge in [-0.3, -0.25) is 9.59 Å². The number of nitrogens with zero attached hydrogens (tertiary/aromatic N) is 7. The van der Waals surface area contributed by atoms with Crippen LogP contribution in [-0.2, 0) is 60.5 Å². The van der Waals surface area contributed by atoms with Gasteiger partial charge in [0.05, 0.1) is 42.0 Å². The highest BCUT2D eigenvalue weighted by atomic mass is 19.4. The van der Waals surface area contributed by atoms with Crippen molar-refractivity contribution >= 4 is 11.6 Å². The lowest BCUT2D eigenvalue weighted by molar-refractivity contribution is -0.139. The van der Waals surface area contributed by atoms with E-state index in [2.05, 4.69) is 39.5 Å². The van der Waals surface area contributed by atoms with E-state index < -0.39 is 23.5 Å². The fraction of sp³-hybridized carbons (Fsp3) is 0.341. The van der Waals surface area contributed by atoms with Crippen LogP contribution >= 0.6 is 0 Å². The number of unbranched alkanes of at least 4 members (excludes halogenated alkanes) is 2. The van der Waals surface area contributed by atoms with Crippen molar-refractivity contribution in [3.8, 4) is 17.3 Å². The van der Waals surface area contributed by atoms with Crippen molar-refractivity contribution in [2.24, 2.45) is 0 Å². The van der Waals surface area contributed by atoms with E-state index in [1.54, 1.807) is 39.7 Å². The summed E-state index contributed by atoms with van der Waals surface area (Å²) in [6.07, 6.45) is 1.55. The van der Waals surface area contributed by atoms with Crippen molar-refractivity contribution in [3.05, 3.63) is 142 Å². The summed E-state index contributed by atoms with van der Waals surface area (Å²) in [6, 6.07) is 19.0. The third-order valence-electron chi connectivity index (χ3n) is 9.41. The fourth-order valence-electron chi connectivity index (χ4n) is 6.36. The number of Topliss-reactive ketones (excluding diaryl/α,β-unsaturated/α-hetero) is 2. The number of alkyl halides is 6. The maximum Gasteiger partial charge on any atom is 0.416 e. The molecule has 0 saturated carbocycles. The van der Waals surface area contributed by atoms with Gasteiger partial charge in [-0.1, -0.05) is 85.6 Å². The number of carbonyl (C=O) groups is 2. The van der Waals surface area contributed by atoms with Crippen LogP contribution in [0.3, 0.4) is 0 Å². The summed E-state index contributed by atoms with van der Waals surface area (Å²) in [5.74, 6) is 0.458. The SMILES string of the molecule is CCCCc1cn(-c2ccc(CC(=O)Cc3ccccc3C(F)(F)F)cc2OC)nn1.CCCCc1cn(-c2ccc(CC(=O)Cc3ccccc3C(F)(F)F)cn2)nn1. The van der Waals surface area contributed by atoms with Gasteiger partial charge in [-0.25, -0.2) is 14.3 Å². The van der Waals surface area contributed by atoms with Crippen LogP contribution in [0, 0.1) is 0 Å². The van der Waals surface area contributed by atoms with Crippen LogP contribution in [0.2, 0.25) is 0 Å². The number of benzene rings is 3. The van der Waals surface area contributed by atoms with Crippen LogP contribution in [-0.4, -0.2) is 53.6 Å². The number of hydrogen-bond donors (Lipinski definition) is 0. The molecule has 0 bridgehead atoms. The summed E-state index contributed by atoms with van der Waals surface area (Å²) in [5, 5.41) is 16.5. The van der Waals surface area contributed by atoms with Crippen molar-refractivity contribution in [3.63, 3.8) is 0 Å². The van der Waals surface area contributed by atoms with Gasteiger partial charge in [-0.05, 0) is 78.3 Å². The highest BCUT2D eigenvalue weighted by Gasteiger charge is 2.34. The van der Waals surface area contributed by atoms with E-state index in [0.29, 0.717) is 28.4 Å². The topological polar surface area (TPSA) is 118 Å². The van der Waals surface area contributed by atoms with Gasteiger partial charge in [-0.2, -0.15) is 26.3 Å². The van der Waals surface area contributed by atoms with Gasteiger partial charge < -0.3 is 4.74 Å². The van der Waals surface area contributed by atoms with Gasteiger partial charge >= 0.3 is 12.4 Å². The summed E-state index contributed by atoms with van der Waals surface area (Å²) in [6.45, 7) is 4.21. The molecule has 0 aliphatic rings. The Balaban J connectivity index is 0.000000228. The molecule has 0 amide bonds. The number of rotatable bonds is 17. The van der Waals surface area contributed by atoms with Crippen molar-refractivity contribution in [2.75, 3.05) is 7.11 Å². The Labute approximate surface area is 343 Å². The van der Waals surface area contributed by atoms with Gasteiger partial charge in [0.25, 0.3) is 0 Å². The fourth-order valence-corrected chi connectivity index (χ4v) is 6.36. The zero-order valence-electron chi connectivity index (χ0n) is 33.4. The van der Waals surface area contributed by atoms with Gasteiger partial charge in [-0.15, -0.1) is 10.2 Å². The molecule has 0 N–H and O–H groups in total. The van der Waals surface area contributed by atoms with Gasteiger partial charge in [0.15, 0.2) is 5.82 Å². The number of carbonyl (C=O) groups excluding carboxylic acids is 2. The maximum absolute atomic E-state index is 13.2. The smallest absolute Gasteiger partial charge is 0.416 e. The van der Waals surface area contributed by atoms with Gasteiger partial charge in [0.2, 0.25) is 0 Å². The van der Waals surface area contributed by atoms with Crippen LogP contribution in [0.1, 0.15) is 84.3 Å². The lowest BCUT2D eigenvalue weighted by atomic mass is 9.98. The van der Waals surface area contributed by atoms with Crippen LogP contribution in [0.25, 0.3) is 11.5 Å². The zero-order valence-corrected chi connectivity index (χ0v) is 33.4. The number of methoxy groups -OCH3 is 1.